The molecule has 96 valence electrons. The summed E-state index contributed by atoms with van der Waals surface area (Å²) in [6.45, 7) is 1.45. The van der Waals surface area contributed by atoms with Crippen molar-refractivity contribution in [1.82, 2.24) is 5.32 Å². The summed E-state index contributed by atoms with van der Waals surface area (Å²) in [6.07, 6.45) is 1.91. The molecule has 0 aromatic heterocycles. The van der Waals surface area contributed by atoms with Gasteiger partial charge in [0.1, 0.15) is 9.84 Å². The van der Waals surface area contributed by atoms with Gasteiger partial charge in [0.25, 0.3) is 0 Å². The zero-order chi connectivity index (χ0) is 12.7. The van der Waals surface area contributed by atoms with Crippen molar-refractivity contribution in [2.45, 2.75) is 18.8 Å². The molecule has 0 amide bonds. The van der Waals surface area contributed by atoms with Crippen LogP contribution in [-0.4, -0.2) is 27.0 Å². The van der Waals surface area contributed by atoms with Crippen LogP contribution in [0.5, 0.6) is 0 Å². The lowest BCUT2D eigenvalue weighted by Gasteiger charge is -2.05. The van der Waals surface area contributed by atoms with Gasteiger partial charge in [-0.25, -0.2) is 8.42 Å². The van der Waals surface area contributed by atoms with E-state index in [0.29, 0.717) is 18.8 Å². The van der Waals surface area contributed by atoms with Gasteiger partial charge in [-0.05, 0) is 24.1 Å². The highest BCUT2D eigenvalue weighted by Crippen LogP contribution is 2.07. The highest BCUT2D eigenvalue weighted by molar-refractivity contribution is 7.90. The van der Waals surface area contributed by atoms with Gasteiger partial charge in [-0.15, -0.1) is 11.6 Å². The number of alkyl halides is 1. The Balaban J connectivity index is 2.26. The van der Waals surface area contributed by atoms with Gasteiger partial charge in [0, 0.05) is 18.7 Å². The van der Waals surface area contributed by atoms with E-state index in [9.17, 15) is 8.42 Å². The summed E-state index contributed by atoms with van der Waals surface area (Å²) in [5.74, 6) is 0.754. The van der Waals surface area contributed by atoms with Crippen LogP contribution in [0.2, 0.25) is 0 Å². The SMILES string of the molecule is CS(=O)(=O)CCCNCc1cccc(CCl)c1. The summed E-state index contributed by atoms with van der Waals surface area (Å²) in [6, 6.07) is 8.04. The third kappa shape index (κ3) is 6.66. The highest BCUT2D eigenvalue weighted by atomic mass is 35.5. The molecule has 17 heavy (non-hydrogen) atoms. The Kier molecular flexibility index (Phi) is 5.95. The quantitative estimate of drug-likeness (QED) is 0.611. The van der Waals surface area contributed by atoms with Crippen LogP contribution in [0.3, 0.4) is 0 Å². The van der Waals surface area contributed by atoms with Gasteiger partial charge in [-0.2, -0.15) is 0 Å². The Bertz CT molecular complexity index is 446. The number of benzene rings is 1. The average molecular weight is 276 g/mol. The molecule has 1 N–H and O–H groups in total. The first kappa shape index (κ1) is 14.5. The van der Waals surface area contributed by atoms with Crippen LogP contribution in [0, 0.1) is 0 Å². The van der Waals surface area contributed by atoms with Crippen molar-refractivity contribution in [2.24, 2.45) is 0 Å². The van der Waals surface area contributed by atoms with Gasteiger partial charge in [0.15, 0.2) is 0 Å². The van der Waals surface area contributed by atoms with E-state index in [0.717, 1.165) is 12.1 Å². The fraction of sp³-hybridized carbons (Fsp3) is 0.500. The minimum atomic E-state index is -2.84. The van der Waals surface area contributed by atoms with Crippen molar-refractivity contribution in [2.75, 3.05) is 18.6 Å². The van der Waals surface area contributed by atoms with Crippen molar-refractivity contribution in [1.29, 1.82) is 0 Å². The van der Waals surface area contributed by atoms with Crippen LogP contribution in [0.25, 0.3) is 0 Å². The largest absolute Gasteiger partial charge is 0.313 e. The van der Waals surface area contributed by atoms with Crippen molar-refractivity contribution in [3.05, 3.63) is 35.4 Å². The Labute approximate surface area is 108 Å². The first-order valence-electron chi connectivity index (χ1n) is 5.53. The van der Waals surface area contributed by atoms with Gasteiger partial charge in [-0.1, -0.05) is 24.3 Å². The third-order valence-electron chi connectivity index (χ3n) is 2.34. The van der Waals surface area contributed by atoms with E-state index in [-0.39, 0.29) is 5.75 Å². The molecule has 0 fully saturated rings. The molecule has 3 nitrogen and oxygen atoms in total. The summed E-state index contributed by atoms with van der Waals surface area (Å²) in [5, 5.41) is 3.22. The van der Waals surface area contributed by atoms with E-state index in [1.54, 1.807) is 0 Å². The fourth-order valence-electron chi connectivity index (χ4n) is 1.51. The lowest BCUT2D eigenvalue weighted by molar-refractivity contribution is 0.594. The summed E-state index contributed by atoms with van der Waals surface area (Å²) in [4.78, 5) is 0. The van der Waals surface area contributed by atoms with Crippen LogP contribution in [-0.2, 0) is 22.3 Å². The maximum Gasteiger partial charge on any atom is 0.147 e. The van der Waals surface area contributed by atoms with Gasteiger partial charge in [0.2, 0.25) is 0 Å². The topological polar surface area (TPSA) is 46.2 Å². The Morgan fingerprint density at radius 3 is 2.65 bits per heavy atom. The van der Waals surface area contributed by atoms with Crippen molar-refractivity contribution >= 4 is 21.4 Å². The zero-order valence-corrected chi connectivity index (χ0v) is 11.5. The van der Waals surface area contributed by atoms with Crippen molar-refractivity contribution in [3.63, 3.8) is 0 Å². The Morgan fingerprint density at radius 2 is 2.00 bits per heavy atom. The third-order valence-corrected chi connectivity index (χ3v) is 3.68. The standard InChI is InChI=1S/C12H18ClNO2S/c1-17(15,16)7-3-6-14-10-12-5-2-4-11(8-12)9-13/h2,4-5,8,14H,3,6-7,9-10H2,1H3. The number of nitrogens with one attached hydrogen (secondary N) is 1. The molecule has 5 heteroatoms. The maximum absolute atomic E-state index is 10.9. The molecule has 0 bridgehead atoms. The van der Waals surface area contributed by atoms with Gasteiger partial charge < -0.3 is 5.32 Å². The zero-order valence-electron chi connectivity index (χ0n) is 9.95. The van der Waals surface area contributed by atoms with Crippen molar-refractivity contribution in [3.8, 4) is 0 Å². The molecule has 0 radical (unpaired) electrons. The minimum Gasteiger partial charge on any atom is -0.313 e. The first-order valence-corrected chi connectivity index (χ1v) is 8.13. The van der Waals surface area contributed by atoms with Crippen LogP contribution >= 0.6 is 11.6 Å². The summed E-state index contributed by atoms with van der Waals surface area (Å²) in [7, 11) is -2.84. The molecule has 0 aliphatic rings. The van der Waals surface area contributed by atoms with Crippen molar-refractivity contribution < 1.29 is 8.42 Å². The molecular weight excluding hydrogens is 258 g/mol. The van der Waals surface area contributed by atoms with Crippen LogP contribution in [0.1, 0.15) is 17.5 Å². The van der Waals surface area contributed by atoms with Gasteiger partial charge in [0.05, 0.1) is 5.75 Å². The molecule has 1 aromatic carbocycles. The summed E-state index contributed by atoms with van der Waals surface area (Å²) in [5.41, 5.74) is 2.27. The predicted molar refractivity (Wildman–Crippen MR) is 72.0 cm³/mol. The van der Waals surface area contributed by atoms with Crippen LogP contribution in [0.4, 0.5) is 0 Å². The minimum absolute atomic E-state index is 0.238. The van der Waals surface area contributed by atoms with Crippen LogP contribution < -0.4 is 5.32 Å². The number of halogens is 1. The molecule has 0 saturated carbocycles. The molecule has 0 saturated heterocycles. The van der Waals surface area contributed by atoms with Crippen LogP contribution in [0.15, 0.2) is 24.3 Å². The molecule has 1 aromatic rings. The molecule has 0 aliphatic carbocycles. The Hall–Kier alpha value is -0.580. The van der Waals surface area contributed by atoms with E-state index in [1.165, 1.54) is 11.8 Å². The second-order valence-electron chi connectivity index (χ2n) is 4.11. The van der Waals surface area contributed by atoms with E-state index in [4.69, 9.17) is 11.6 Å². The highest BCUT2D eigenvalue weighted by Gasteiger charge is 2.01. The van der Waals surface area contributed by atoms with E-state index < -0.39 is 9.84 Å². The molecule has 0 spiro atoms. The normalized spacial score (nSPS) is 11.6. The first-order chi connectivity index (χ1) is 8.01. The number of hydrogen-bond acceptors (Lipinski definition) is 3. The smallest absolute Gasteiger partial charge is 0.147 e. The monoisotopic (exact) mass is 275 g/mol. The summed E-state index contributed by atoms with van der Waals surface area (Å²) >= 11 is 5.75. The molecule has 0 unspecified atom stereocenters. The molecular formula is C12H18ClNO2S. The van der Waals surface area contributed by atoms with Gasteiger partial charge in [-0.3, -0.25) is 0 Å². The van der Waals surface area contributed by atoms with E-state index >= 15 is 0 Å². The average Bonchev–Trinajstić information content (AvgIpc) is 2.27. The number of hydrogen-bond donors (Lipinski definition) is 1. The van der Waals surface area contributed by atoms with E-state index in [1.807, 2.05) is 18.2 Å². The second-order valence-corrected chi connectivity index (χ2v) is 6.64. The number of sulfone groups is 1. The Morgan fingerprint density at radius 1 is 1.29 bits per heavy atom. The predicted octanol–water partition coefficient (Wildman–Crippen LogP) is 1.95. The lowest BCUT2D eigenvalue weighted by Crippen LogP contribution is -2.17. The number of rotatable bonds is 7. The molecule has 0 aliphatic heterocycles. The fourth-order valence-corrected chi connectivity index (χ4v) is 2.35. The van der Waals surface area contributed by atoms with Gasteiger partial charge >= 0.3 is 0 Å². The molecule has 1 rings (SSSR count). The molecule has 0 heterocycles. The summed E-state index contributed by atoms with van der Waals surface area (Å²) < 4.78 is 21.8. The lowest BCUT2D eigenvalue weighted by atomic mass is 10.1. The van der Waals surface area contributed by atoms with E-state index in [2.05, 4.69) is 11.4 Å². The second kappa shape index (κ2) is 6.99. The maximum atomic E-state index is 10.9. The molecule has 0 atom stereocenters.